The van der Waals surface area contributed by atoms with Gasteiger partial charge in [-0.25, -0.2) is 13.1 Å². The van der Waals surface area contributed by atoms with Crippen LogP contribution in [0.2, 0.25) is 0 Å². The average molecular weight is 507 g/mol. The zero-order valence-electron chi connectivity index (χ0n) is 20.4. The van der Waals surface area contributed by atoms with Crippen molar-refractivity contribution in [2.45, 2.75) is 86.7 Å². The lowest BCUT2D eigenvalue weighted by Gasteiger charge is -2.31. The molecular weight excluding hydrogens is 468 g/mol. The molecule has 1 aromatic heterocycles. The van der Waals surface area contributed by atoms with Crippen LogP contribution in [0, 0.1) is 0 Å². The summed E-state index contributed by atoms with van der Waals surface area (Å²) in [6, 6.07) is 4.78. The molecule has 1 aromatic carbocycles. The quantitative estimate of drug-likeness (QED) is 0.350. The molecule has 0 bridgehead atoms. The molecule has 2 saturated carbocycles. The van der Waals surface area contributed by atoms with Gasteiger partial charge in [-0.1, -0.05) is 6.92 Å². The van der Waals surface area contributed by atoms with Crippen LogP contribution < -0.4 is 20.3 Å². The van der Waals surface area contributed by atoms with Gasteiger partial charge in [0, 0.05) is 53.6 Å². The van der Waals surface area contributed by atoms with Gasteiger partial charge in [0.2, 0.25) is 10.0 Å². The molecule has 0 amide bonds. The van der Waals surface area contributed by atoms with Crippen molar-refractivity contribution in [1.82, 2.24) is 25.1 Å². The molecule has 1 aliphatic heterocycles. The van der Waals surface area contributed by atoms with Crippen molar-refractivity contribution in [3.05, 3.63) is 18.3 Å². The van der Waals surface area contributed by atoms with Gasteiger partial charge in [0.25, 0.3) is 0 Å². The van der Waals surface area contributed by atoms with Crippen molar-refractivity contribution in [2.75, 3.05) is 31.1 Å². The molecule has 8 nitrogen and oxygen atoms in total. The first kappa shape index (κ1) is 24.4. The molecule has 1 saturated heterocycles. The minimum atomic E-state index is -3.66. The van der Waals surface area contributed by atoms with E-state index in [1.54, 1.807) is 0 Å². The van der Waals surface area contributed by atoms with Crippen molar-refractivity contribution in [3.63, 3.8) is 0 Å². The van der Waals surface area contributed by atoms with Crippen molar-refractivity contribution < 1.29 is 8.42 Å². The van der Waals surface area contributed by atoms with Gasteiger partial charge in [-0.05, 0) is 64.6 Å². The molecule has 2 aliphatic carbocycles. The average Bonchev–Trinajstić information content (AvgIpc) is 3.58. The van der Waals surface area contributed by atoms with E-state index in [0.717, 1.165) is 62.0 Å². The number of aromatic nitrogens is 2. The molecule has 3 N–H and O–H groups in total. The number of hydrogen-bond donors (Lipinski definition) is 4. The topological polar surface area (TPSA) is 91.3 Å². The molecule has 3 atom stereocenters. The van der Waals surface area contributed by atoms with E-state index < -0.39 is 10.0 Å². The largest absolute Gasteiger partial charge is 0.368 e. The molecule has 34 heavy (non-hydrogen) atoms. The number of fused-ring (bicyclic) bond motifs is 1. The van der Waals surface area contributed by atoms with Gasteiger partial charge in [-0.3, -0.25) is 4.68 Å². The van der Waals surface area contributed by atoms with E-state index in [1.807, 2.05) is 29.9 Å². The van der Waals surface area contributed by atoms with Crippen molar-refractivity contribution in [1.29, 1.82) is 0 Å². The maximum atomic E-state index is 13.5. The Kier molecular flexibility index (Phi) is 6.65. The summed E-state index contributed by atoms with van der Waals surface area (Å²) < 4.78 is 31.9. The van der Waals surface area contributed by atoms with E-state index in [4.69, 9.17) is 5.10 Å². The Morgan fingerprint density at radius 2 is 2.03 bits per heavy atom. The van der Waals surface area contributed by atoms with E-state index in [2.05, 4.69) is 46.7 Å². The predicted octanol–water partition coefficient (Wildman–Crippen LogP) is 2.67. The van der Waals surface area contributed by atoms with Crippen molar-refractivity contribution in [3.8, 4) is 0 Å². The standard InChI is InChI=1S/C24H38N6O2S2/c1-16(27-18-4-5-18)14-29(15-17(2)33)22-10-20(34(31,32)28-24(3)7-8-24)11-23-21(22)13-26-30(23)19-6-9-25-12-19/h10-11,13,16-19,25,27-28,33H,4-9,12,14-15H2,1-3H3/t16-,17?,19?/m1/s1. The molecule has 2 heterocycles. The Hall–Kier alpha value is -1.33. The lowest BCUT2D eigenvalue weighted by molar-refractivity contribution is 0.506. The fourth-order valence-electron chi connectivity index (χ4n) is 4.96. The summed E-state index contributed by atoms with van der Waals surface area (Å²) in [5.74, 6) is 0. The Morgan fingerprint density at radius 1 is 1.26 bits per heavy atom. The van der Waals surface area contributed by atoms with Crippen LogP contribution in [-0.4, -0.2) is 67.2 Å². The number of hydrogen-bond acceptors (Lipinski definition) is 7. The molecule has 0 radical (unpaired) electrons. The van der Waals surface area contributed by atoms with Gasteiger partial charge >= 0.3 is 0 Å². The molecule has 188 valence electrons. The Labute approximate surface area is 208 Å². The second-order valence-corrected chi connectivity index (χ2v) is 13.4. The van der Waals surface area contributed by atoms with Gasteiger partial charge in [-0.2, -0.15) is 17.7 Å². The highest BCUT2D eigenvalue weighted by atomic mass is 32.2. The smallest absolute Gasteiger partial charge is 0.241 e. The summed E-state index contributed by atoms with van der Waals surface area (Å²) in [4.78, 5) is 2.60. The zero-order valence-corrected chi connectivity index (χ0v) is 22.1. The van der Waals surface area contributed by atoms with E-state index in [0.29, 0.717) is 10.9 Å². The lowest BCUT2D eigenvalue weighted by Crippen LogP contribution is -2.42. The zero-order chi connectivity index (χ0) is 24.1. The molecule has 5 rings (SSSR count). The van der Waals surface area contributed by atoms with E-state index in [9.17, 15) is 8.42 Å². The van der Waals surface area contributed by atoms with Gasteiger partial charge < -0.3 is 15.5 Å². The summed E-state index contributed by atoms with van der Waals surface area (Å²) >= 11 is 4.69. The highest BCUT2D eigenvalue weighted by Gasteiger charge is 2.41. The predicted molar refractivity (Wildman–Crippen MR) is 140 cm³/mol. The summed E-state index contributed by atoms with van der Waals surface area (Å²) in [5.41, 5.74) is 1.47. The number of thiol groups is 1. The minimum absolute atomic E-state index is 0.140. The molecule has 10 heteroatoms. The molecular formula is C24H38N6O2S2. The van der Waals surface area contributed by atoms with Crippen molar-refractivity contribution >= 4 is 39.2 Å². The summed E-state index contributed by atoms with van der Waals surface area (Å²) in [7, 11) is -3.66. The van der Waals surface area contributed by atoms with E-state index in [-0.39, 0.29) is 22.9 Å². The van der Waals surface area contributed by atoms with Crippen LogP contribution in [0.3, 0.4) is 0 Å². The van der Waals surface area contributed by atoms with Crippen LogP contribution in [0.4, 0.5) is 5.69 Å². The highest BCUT2D eigenvalue weighted by Crippen LogP contribution is 2.38. The molecule has 0 spiro atoms. The van der Waals surface area contributed by atoms with Crippen LogP contribution in [0.15, 0.2) is 23.2 Å². The van der Waals surface area contributed by atoms with Crippen LogP contribution in [-0.2, 0) is 10.0 Å². The maximum Gasteiger partial charge on any atom is 0.241 e. The van der Waals surface area contributed by atoms with Gasteiger partial charge in [-0.15, -0.1) is 0 Å². The van der Waals surface area contributed by atoms with Crippen LogP contribution >= 0.6 is 12.6 Å². The third-order valence-corrected chi connectivity index (χ3v) is 8.94. The van der Waals surface area contributed by atoms with Crippen LogP contribution in [0.1, 0.15) is 58.9 Å². The van der Waals surface area contributed by atoms with Crippen LogP contribution in [0.25, 0.3) is 10.9 Å². The molecule has 2 unspecified atom stereocenters. The monoisotopic (exact) mass is 506 g/mol. The van der Waals surface area contributed by atoms with E-state index >= 15 is 0 Å². The maximum absolute atomic E-state index is 13.5. The lowest BCUT2D eigenvalue weighted by atomic mass is 10.1. The summed E-state index contributed by atoms with van der Waals surface area (Å²) in [5, 5.41) is 13.0. The van der Waals surface area contributed by atoms with Crippen molar-refractivity contribution in [2.24, 2.45) is 0 Å². The fourth-order valence-corrected chi connectivity index (χ4v) is 6.66. The SMILES string of the molecule is CC(S)CN(C[C@@H](C)NC1CC1)c1cc(S(=O)(=O)NC2(C)CC2)cc2c1cnn2C1CCNC1. The number of nitrogens with one attached hydrogen (secondary N) is 3. The number of anilines is 1. The second kappa shape index (κ2) is 9.28. The normalized spacial score (nSPS) is 23.8. The molecule has 2 aromatic rings. The Morgan fingerprint density at radius 3 is 2.65 bits per heavy atom. The fraction of sp³-hybridized carbons (Fsp3) is 0.708. The molecule has 3 fully saturated rings. The minimum Gasteiger partial charge on any atom is -0.368 e. The number of nitrogens with zero attached hydrogens (tertiary/aromatic N) is 3. The Bertz CT molecular complexity index is 1130. The Balaban J connectivity index is 1.58. The van der Waals surface area contributed by atoms with Crippen LogP contribution in [0.5, 0.6) is 0 Å². The summed E-state index contributed by atoms with van der Waals surface area (Å²) in [6.45, 7) is 9.55. The third kappa shape index (κ3) is 5.41. The summed E-state index contributed by atoms with van der Waals surface area (Å²) in [6.07, 6.45) is 7.11. The molecule has 3 aliphatic rings. The highest BCUT2D eigenvalue weighted by molar-refractivity contribution is 7.89. The number of sulfonamides is 1. The first-order valence-corrected chi connectivity index (χ1v) is 14.6. The van der Waals surface area contributed by atoms with Gasteiger partial charge in [0.15, 0.2) is 0 Å². The third-order valence-electron chi connectivity index (χ3n) is 7.16. The number of benzene rings is 1. The second-order valence-electron chi connectivity index (χ2n) is 10.9. The first-order chi connectivity index (χ1) is 16.1. The van der Waals surface area contributed by atoms with Gasteiger partial charge in [0.05, 0.1) is 22.7 Å². The first-order valence-electron chi connectivity index (χ1n) is 12.6. The van der Waals surface area contributed by atoms with Gasteiger partial charge in [0.1, 0.15) is 0 Å². The van der Waals surface area contributed by atoms with E-state index in [1.165, 1.54) is 12.8 Å². The number of rotatable bonds is 11.